The highest BCUT2D eigenvalue weighted by atomic mass is 19.3. The maximum absolute atomic E-state index is 12.3. The predicted molar refractivity (Wildman–Crippen MR) is 93.5 cm³/mol. The van der Waals surface area contributed by atoms with Crippen LogP contribution >= 0.6 is 0 Å². The van der Waals surface area contributed by atoms with Crippen molar-refractivity contribution in [3.63, 3.8) is 0 Å². The van der Waals surface area contributed by atoms with Crippen molar-refractivity contribution in [2.45, 2.75) is 39.2 Å². The van der Waals surface area contributed by atoms with Crippen LogP contribution in [0.2, 0.25) is 0 Å². The summed E-state index contributed by atoms with van der Waals surface area (Å²) in [6.45, 7) is 3.12. The molecule has 0 radical (unpaired) electrons. The molecule has 0 N–H and O–H groups in total. The third-order valence-electron chi connectivity index (χ3n) is 4.08. The quantitative estimate of drug-likeness (QED) is 0.761. The molecular weight excluding hydrogens is 324 g/mol. The second-order valence-corrected chi connectivity index (χ2v) is 6.21. The van der Waals surface area contributed by atoms with E-state index >= 15 is 0 Å². The lowest BCUT2D eigenvalue weighted by Gasteiger charge is -2.18. The number of alkyl halides is 2. The molecule has 1 aliphatic heterocycles. The van der Waals surface area contributed by atoms with Crippen molar-refractivity contribution in [1.29, 1.82) is 0 Å². The third-order valence-corrected chi connectivity index (χ3v) is 4.08. The van der Waals surface area contributed by atoms with Gasteiger partial charge >= 0.3 is 6.61 Å². The minimum Gasteiger partial charge on any atom is -0.435 e. The Morgan fingerprint density at radius 3 is 2.28 bits per heavy atom. The van der Waals surface area contributed by atoms with E-state index in [9.17, 15) is 8.78 Å². The standard InChI is InChI=1S/C19H21F2N3O/c1-14(2)17-13-18(23-11-5-3-4-6-12-23)22-24(17)15-7-9-16(10-8-15)25-19(20)21/h7-10,13-14,19H,5-6,11-12H2,1-2H3. The van der Waals surface area contributed by atoms with E-state index in [1.807, 2.05) is 4.68 Å². The molecule has 132 valence electrons. The average Bonchev–Trinajstić information content (AvgIpc) is 2.84. The van der Waals surface area contributed by atoms with E-state index in [0.717, 1.165) is 43.1 Å². The molecule has 2 heterocycles. The van der Waals surface area contributed by atoms with Gasteiger partial charge in [0.2, 0.25) is 0 Å². The fourth-order valence-corrected chi connectivity index (χ4v) is 2.82. The molecule has 0 aliphatic carbocycles. The molecule has 0 amide bonds. The lowest BCUT2D eigenvalue weighted by Crippen LogP contribution is -2.24. The second-order valence-electron chi connectivity index (χ2n) is 6.21. The topological polar surface area (TPSA) is 30.3 Å². The van der Waals surface area contributed by atoms with Crippen LogP contribution in [0.4, 0.5) is 14.6 Å². The first-order valence-electron chi connectivity index (χ1n) is 8.40. The van der Waals surface area contributed by atoms with Crippen molar-refractivity contribution in [1.82, 2.24) is 9.78 Å². The monoisotopic (exact) mass is 345 g/mol. The van der Waals surface area contributed by atoms with Gasteiger partial charge in [-0.2, -0.15) is 13.9 Å². The zero-order valence-corrected chi connectivity index (χ0v) is 14.4. The van der Waals surface area contributed by atoms with Crippen molar-refractivity contribution < 1.29 is 13.5 Å². The van der Waals surface area contributed by atoms with Gasteiger partial charge in [-0.05, 0) is 30.2 Å². The Balaban J connectivity index is 1.89. The van der Waals surface area contributed by atoms with Crippen LogP contribution < -0.4 is 9.64 Å². The smallest absolute Gasteiger partial charge is 0.387 e. The summed E-state index contributed by atoms with van der Waals surface area (Å²) in [7, 11) is 0. The number of halogens is 2. The molecule has 0 atom stereocenters. The Labute approximate surface area is 146 Å². The van der Waals surface area contributed by atoms with Gasteiger partial charge in [0.05, 0.1) is 5.69 Å². The normalized spacial score (nSPS) is 14.4. The van der Waals surface area contributed by atoms with Crippen LogP contribution in [0, 0.1) is 11.8 Å². The molecule has 2 aromatic rings. The van der Waals surface area contributed by atoms with Crippen LogP contribution in [-0.2, 0) is 0 Å². The molecule has 4 nitrogen and oxygen atoms in total. The largest absolute Gasteiger partial charge is 0.435 e. The minimum absolute atomic E-state index is 0.141. The van der Waals surface area contributed by atoms with Gasteiger partial charge in [-0.15, -0.1) is 11.8 Å². The van der Waals surface area contributed by atoms with Crippen LogP contribution in [0.3, 0.4) is 0 Å². The Kier molecular flexibility index (Phi) is 5.22. The zero-order valence-electron chi connectivity index (χ0n) is 14.4. The molecule has 0 fully saturated rings. The number of hydrogen-bond donors (Lipinski definition) is 0. The van der Waals surface area contributed by atoms with Crippen molar-refractivity contribution >= 4 is 5.82 Å². The van der Waals surface area contributed by atoms with Crippen LogP contribution in [0.1, 0.15) is 38.3 Å². The van der Waals surface area contributed by atoms with E-state index in [1.54, 1.807) is 12.1 Å². The highest BCUT2D eigenvalue weighted by molar-refractivity contribution is 5.46. The molecule has 25 heavy (non-hydrogen) atoms. The van der Waals surface area contributed by atoms with Crippen LogP contribution in [0.15, 0.2) is 30.3 Å². The number of nitrogens with zero attached hydrogens (tertiary/aromatic N) is 3. The highest BCUT2D eigenvalue weighted by Gasteiger charge is 2.17. The maximum atomic E-state index is 12.3. The van der Waals surface area contributed by atoms with E-state index in [-0.39, 0.29) is 11.7 Å². The first-order chi connectivity index (χ1) is 12.0. The lowest BCUT2D eigenvalue weighted by atomic mass is 10.1. The van der Waals surface area contributed by atoms with E-state index in [1.165, 1.54) is 12.1 Å². The Hall–Kier alpha value is -2.55. The second kappa shape index (κ2) is 7.56. The number of anilines is 1. The van der Waals surface area contributed by atoms with Crippen molar-refractivity contribution in [2.24, 2.45) is 0 Å². The first-order valence-corrected chi connectivity index (χ1v) is 8.40. The summed E-state index contributed by atoms with van der Waals surface area (Å²) in [6.07, 6.45) is 1.67. The molecule has 1 aliphatic rings. The molecule has 1 aromatic heterocycles. The third kappa shape index (κ3) is 4.11. The van der Waals surface area contributed by atoms with E-state index in [2.05, 4.69) is 41.4 Å². The Morgan fingerprint density at radius 1 is 1.08 bits per heavy atom. The van der Waals surface area contributed by atoms with E-state index in [0.29, 0.717) is 0 Å². The van der Waals surface area contributed by atoms with Gasteiger partial charge in [0, 0.05) is 37.7 Å². The number of hydrogen-bond acceptors (Lipinski definition) is 3. The number of ether oxygens (including phenoxy) is 1. The average molecular weight is 345 g/mol. The summed E-state index contributed by atoms with van der Waals surface area (Å²) in [4.78, 5) is 2.23. The molecular formula is C19H21F2N3O. The van der Waals surface area contributed by atoms with Crippen LogP contribution in [0.25, 0.3) is 5.69 Å². The van der Waals surface area contributed by atoms with Crippen molar-refractivity contribution in [3.8, 4) is 23.3 Å². The van der Waals surface area contributed by atoms with E-state index in [4.69, 9.17) is 5.10 Å². The van der Waals surface area contributed by atoms with Gasteiger partial charge in [-0.1, -0.05) is 13.8 Å². The molecule has 3 rings (SSSR count). The summed E-state index contributed by atoms with van der Waals surface area (Å²) < 4.78 is 30.9. The summed E-state index contributed by atoms with van der Waals surface area (Å²) in [6, 6.07) is 8.65. The summed E-state index contributed by atoms with van der Waals surface area (Å²) in [5.74, 6) is 7.62. The zero-order chi connectivity index (χ0) is 17.8. The maximum Gasteiger partial charge on any atom is 0.387 e. The fraction of sp³-hybridized carbons (Fsp3) is 0.421. The molecule has 0 saturated heterocycles. The van der Waals surface area contributed by atoms with Crippen molar-refractivity contribution in [2.75, 3.05) is 18.0 Å². The predicted octanol–water partition coefficient (Wildman–Crippen LogP) is 4.20. The first kappa shape index (κ1) is 17.3. The Morgan fingerprint density at radius 2 is 1.72 bits per heavy atom. The molecule has 6 heteroatoms. The minimum atomic E-state index is -2.82. The fourth-order valence-electron chi connectivity index (χ4n) is 2.82. The van der Waals surface area contributed by atoms with Gasteiger partial charge in [0.15, 0.2) is 5.82 Å². The summed E-state index contributed by atoms with van der Waals surface area (Å²) in [5.41, 5.74) is 1.89. The van der Waals surface area contributed by atoms with Gasteiger partial charge in [0.1, 0.15) is 5.75 Å². The number of benzene rings is 1. The molecule has 0 saturated carbocycles. The Bertz CT molecular complexity index is 760. The number of rotatable bonds is 5. The lowest BCUT2D eigenvalue weighted by molar-refractivity contribution is -0.0498. The van der Waals surface area contributed by atoms with Gasteiger partial charge in [0.25, 0.3) is 0 Å². The molecule has 0 bridgehead atoms. The summed E-state index contributed by atoms with van der Waals surface area (Å²) >= 11 is 0. The highest BCUT2D eigenvalue weighted by Crippen LogP contribution is 2.26. The molecule has 0 unspecified atom stereocenters. The van der Waals surface area contributed by atoms with E-state index < -0.39 is 6.61 Å². The summed E-state index contributed by atoms with van der Waals surface area (Å²) in [5, 5.41) is 4.76. The van der Waals surface area contributed by atoms with Gasteiger partial charge in [-0.3, -0.25) is 0 Å². The van der Waals surface area contributed by atoms with Crippen LogP contribution in [-0.4, -0.2) is 29.5 Å². The molecule has 1 aromatic carbocycles. The van der Waals surface area contributed by atoms with Gasteiger partial charge in [-0.25, -0.2) is 4.68 Å². The van der Waals surface area contributed by atoms with Crippen LogP contribution in [0.5, 0.6) is 5.75 Å². The SMILES string of the molecule is CC(C)c1cc(N2CCC#CCC2)nn1-c1ccc(OC(F)F)cc1. The molecule has 0 spiro atoms. The number of aromatic nitrogens is 2. The van der Waals surface area contributed by atoms with Crippen molar-refractivity contribution in [3.05, 3.63) is 36.0 Å². The van der Waals surface area contributed by atoms with Gasteiger partial charge < -0.3 is 9.64 Å².